The first-order valence-electron chi connectivity index (χ1n) is 6.54. The standard InChI is InChI=1S/C13H17N3O3S/c1-16-12-3-2-11(4-8(12)5-13(16)17)20(18,19)15-10-6-9(14)7-10/h2-4,9-10,15H,5-7,14H2,1H3. The van der Waals surface area contributed by atoms with Crippen LogP contribution in [0, 0.1) is 0 Å². The number of hydrogen-bond acceptors (Lipinski definition) is 4. The average Bonchev–Trinajstić information content (AvgIpc) is 2.62. The Labute approximate surface area is 118 Å². The molecular formula is C13H17N3O3S. The Morgan fingerprint density at radius 3 is 2.70 bits per heavy atom. The van der Waals surface area contributed by atoms with E-state index in [0.29, 0.717) is 12.8 Å². The molecule has 0 spiro atoms. The van der Waals surface area contributed by atoms with Crippen LogP contribution in [0.2, 0.25) is 0 Å². The number of fused-ring (bicyclic) bond motifs is 1. The zero-order valence-corrected chi connectivity index (χ0v) is 12.0. The van der Waals surface area contributed by atoms with E-state index < -0.39 is 10.0 Å². The predicted octanol–water partition coefficient (Wildman–Crippen LogP) is -0.0265. The summed E-state index contributed by atoms with van der Waals surface area (Å²) in [6.07, 6.45) is 1.60. The fourth-order valence-electron chi connectivity index (χ4n) is 2.66. The van der Waals surface area contributed by atoms with Crippen molar-refractivity contribution in [2.24, 2.45) is 5.73 Å². The molecule has 1 fully saturated rings. The van der Waals surface area contributed by atoms with Crippen LogP contribution in [0.1, 0.15) is 18.4 Å². The lowest BCUT2D eigenvalue weighted by molar-refractivity contribution is -0.117. The van der Waals surface area contributed by atoms with Gasteiger partial charge >= 0.3 is 0 Å². The normalized spacial score (nSPS) is 25.5. The predicted molar refractivity (Wildman–Crippen MR) is 74.9 cm³/mol. The molecule has 0 unspecified atom stereocenters. The van der Waals surface area contributed by atoms with Gasteiger partial charge in [-0.2, -0.15) is 0 Å². The fourth-order valence-corrected chi connectivity index (χ4v) is 3.97. The van der Waals surface area contributed by atoms with Gasteiger partial charge in [0.2, 0.25) is 15.9 Å². The zero-order valence-electron chi connectivity index (χ0n) is 11.2. The molecule has 7 heteroatoms. The van der Waals surface area contributed by atoms with Gasteiger partial charge in [0.15, 0.2) is 0 Å². The molecule has 1 aromatic rings. The molecule has 20 heavy (non-hydrogen) atoms. The Balaban J connectivity index is 1.84. The number of nitrogens with one attached hydrogen (secondary N) is 1. The number of nitrogens with two attached hydrogens (primary N) is 1. The molecule has 1 aromatic carbocycles. The Morgan fingerprint density at radius 1 is 1.35 bits per heavy atom. The largest absolute Gasteiger partial charge is 0.328 e. The van der Waals surface area contributed by atoms with Crippen LogP contribution in [-0.2, 0) is 21.2 Å². The van der Waals surface area contributed by atoms with E-state index in [0.717, 1.165) is 11.3 Å². The number of carbonyl (C=O) groups is 1. The fraction of sp³-hybridized carbons (Fsp3) is 0.462. The minimum Gasteiger partial charge on any atom is -0.328 e. The number of anilines is 1. The van der Waals surface area contributed by atoms with Crippen molar-refractivity contribution in [2.45, 2.75) is 36.2 Å². The average molecular weight is 295 g/mol. The van der Waals surface area contributed by atoms with Crippen LogP contribution in [0.4, 0.5) is 5.69 Å². The first-order valence-corrected chi connectivity index (χ1v) is 8.02. The summed E-state index contributed by atoms with van der Waals surface area (Å²) < 4.78 is 27.2. The molecule has 0 aromatic heterocycles. The molecule has 1 aliphatic heterocycles. The number of hydrogen-bond donors (Lipinski definition) is 2. The van der Waals surface area contributed by atoms with E-state index in [1.165, 1.54) is 6.07 Å². The molecule has 0 atom stereocenters. The zero-order chi connectivity index (χ0) is 14.5. The maximum absolute atomic E-state index is 12.3. The monoisotopic (exact) mass is 295 g/mol. The van der Waals surface area contributed by atoms with Crippen molar-refractivity contribution in [1.29, 1.82) is 0 Å². The van der Waals surface area contributed by atoms with Gasteiger partial charge in [-0.15, -0.1) is 0 Å². The summed E-state index contributed by atoms with van der Waals surface area (Å²) in [5.41, 5.74) is 7.19. The van der Waals surface area contributed by atoms with Crippen molar-refractivity contribution in [3.63, 3.8) is 0 Å². The second-order valence-corrected chi connectivity index (χ2v) is 7.18. The van der Waals surface area contributed by atoms with Gasteiger partial charge in [0.05, 0.1) is 11.3 Å². The van der Waals surface area contributed by atoms with Crippen LogP contribution in [0.15, 0.2) is 23.1 Å². The van der Waals surface area contributed by atoms with Gasteiger partial charge in [0.25, 0.3) is 0 Å². The van der Waals surface area contributed by atoms with Crippen LogP contribution in [0.3, 0.4) is 0 Å². The number of amides is 1. The van der Waals surface area contributed by atoms with Crippen molar-refractivity contribution in [3.05, 3.63) is 23.8 Å². The lowest BCUT2D eigenvalue weighted by Crippen LogP contribution is -2.50. The van der Waals surface area contributed by atoms with E-state index in [2.05, 4.69) is 4.72 Å². The van der Waals surface area contributed by atoms with Crippen molar-refractivity contribution < 1.29 is 13.2 Å². The smallest absolute Gasteiger partial charge is 0.240 e. The van der Waals surface area contributed by atoms with Crippen molar-refractivity contribution in [3.8, 4) is 0 Å². The molecule has 108 valence electrons. The van der Waals surface area contributed by atoms with E-state index >= 15 is 0 Å². The molecule has 2 aliphatic rings. The van der Waals surface area contributed by atoms with Gasteiger partial charge in [-0.05, 0) is 36.6 Å². The Kier molecular flexibility index (Phi) is 3.07. The first kappa shape index (κ1) is 13.5. The number of rotatable bonds is 3. The topological polar surface area (TPSA) is 92.5 Å². The van der Waals surface area contributed by atoms with Crippen LogP contribution < -0.4 is 15.4 Å². The van der Waals surface area contributed by atoms with E-state index in [9.17, 15) is 13.2 Å². The van der Waals surface area contributed by atoms with Gasteiger partial charge in [-0.25, -0.2) is 13.1 Å². The Hall–Kier alpha value is -1.44. The number of likely N-dealkylation sites (N-methyl/N-ethyl adjacent to an activating group) is 1. The lowest BCUT2D eigenvalue weighted by Gasteiger charge is -2.32. The Bertz CT molecular complexity index is 665. The van der Waals surface area contributed by atoms with Gasteiger partial charge < -0.3 is 10.6 Å². The third-order valence-corrected chi connectivity index (χ3v) is 5.45. The molecule has 0 bridgehead atoms. The molecule has 3 N–H and O–H groups in total. The summed E-state index contributed by atoms with van der Waals surface area (Å²) in [5, 5.41) is 0. The van der Waals surface area contributed by atoms with Crippen molar-refractivity contribution >= 4 is 21.6 Å². The number of sulfonamides is 1. The summed E-state index contributed by atoms with van der Waals surface area (Å²) in [5.74, 6) is -0.0209. The van der Waals surface area contributed by atoms with Gasteiger partial charge in [0.1, 0.15) is 0 Å². The van der Waals surface area contributed by atoms with Crippen molar-refractivity contribution in [2.75, 3.05) is 11.9 Å². The SMILES string of the molecule is CN1C(=O)Cc2cc(S(=O)(=O)NC3CC(N)C3)ccc21. The highest BCUT2D eigenvalue weighted by Crippen LogP contribution is 2.30. The summed E-state index contributed by atoms with van der Waals surface area (Å²) >= 11 is 0. The maximum Gasteiger partial charge on any atom is 0.240 e. The summed E-state index contributed by atoms with van der Waals surface area (Å²) in [6.45, 7) is 0. The maximum atomic E-state index is 12.3. The molecule has 0 saturated heterocycles. The van der Waals surface area contributed by atoms with Crippen molar-refractivity contribution in [1.82, 2.24) is 4.72 Å². The highest BCUT2D eigenvalue weighted by molar-refractivity contribution is 7.89. The molecule has 1 saturated carbocycles. The number of benzene rings is 1. The van der Waals surface area contributed by atoms with Gasteiger partial charge in [-0.1, -0.05) is 0 Å². The molecule has 0 radical (unpaired) electrons. The molecule has 1 amide bonds. The second kappa shape index (κ2) is 4.54. The summed E-state index contributed by atoms with van der Waals surface area (Å²) in [7, 11) is -1.84. The molecular weight excluding hydrogens is 278 g/mol. The molecule has 1 aliphatic carbocycles. The second-order valence-electron chi connectivity index (χ2n) is 5.47. The van der Waals surface area contributed by atoms with E-state index in [-0.39, 0.29) is 29.3 Å². The minimum absolute atomic E-state index is 0.0209. The highest BCUT2D eigenvalue weighted by atomic mass is 32.2. The third-order valence-electron chi connectivity index (χ3n) is 3.93. The number of carbonyl (C=O) groups excluding carboxylic acids is 1. The van der Waals surface area contributed by atoms with Crippen LogP contribution in [0.25, 0.3) is 0 Å². The van der Waals surface area contributed by atoms with E-state index in [1.807, 2.05) is 0 Å². The van der Waals surface area contributed by atoms with Crippen LogP contribution in [0.5, 0.6) is 0 Å². The first-order chi connectivity index (χ1) is 9.37. The van der Waals surface area contributed by atoms with Gasteiger partial charge in [0, 0.05) is 24.8 Å². The number of nitrogens with zero attached hydrogens (tertiary/aromatic N) is 1. The Morgan fingerprint density at radius 2 is 2.05 bits per heavy atom. The van der Waals surface area contributed by atoms with E-state index in [1.54, 1.807) is 24.1 Å². The van der Waals surface area contributed by atoms with Crippen LogP contribution in [-0.4, -0.2) is 33.5 Å². The van der Waals surface area contributed by atoms with Gasteiger partial charge in [-0.3, -0.25) is 4.79 Å². The molecule has 3 rings (SSSR count). The quantitative estimate of drug-likeness (QED) is 0.819. The summed E-state index contributed by atoms with van der Waals surface area (Å²) in [4.78, 5) is 13.4. The minimum atomic E-state index is -3.54. The van der Waals surface area contributed by atoms with Crippen LogP contribution >= 0.6 is 0 Å². The molecule has 6 nitrogen and oxygen atoms in total. The summed E-state index contributed by atoms with van der Waals surface area (Å²) in [6, 6.07) is 4.81. The van der Waals surface area contributed by atoms with E-state index in [4.69, 9.17) is 5.73 Å². The lowest BCUT2D eigenvalue weighted by atomic mass is 9.89. The third kappa shape index (κ3) is 2.21. The molecule has 1 heterocycles. The highest BCUT2D eigenvalue weighted by Gasteiger charge is 2.31.